The van der Waals surface area contributed by atoms with Gasteiger partial charge in [-0.3, -0.25) is 9.59 Å². The second-order valence-electron chi connectivity index (χ2n) is 5.09. The van der Waals surface area contributed by atoms with Crippen molar-refractivity contribution in [2.24, 2.45) is 5.92 Å². The number of hydrogen-bond acceptors (Lipinski definition) is 4. The van der Waals surface area contributed by atoms with Gasteiger partial charge in [-0.15, -0.1) is 0 Å². The molecule has 0 aliphatic carbocycles. The van der Waals surface area contributed by atoms with Crippen molar-refractivity contribution >= 4 is 11.7 Å². The van der Waals surface area contributed by atoms with Crippen LogP contribution in [-0.4, -0.2) is 41.0 Å². The molecule has 1 aromatic heterocycles. The Kier molecular flexibility index (Phi) is 5.54. The molecule has 1 rings (SSSR count). The summed E-state index contributed by atoms with van der Waals surface area (Å²) in [6.07, 6.45) is 3.62. The molecular formula is C13H22N4O2. The molecule has 0 aromatic carbocycles. The van der Waals surface area contributed by atoms with Crippen LogP contribution in [0.25, 0.3) is 0 Å². The van der Waals surface area contributed by atoms with Crippen molar-refractivity contribution < 1.29 is 4.79 Å². The van der Waals surface area contributed by atoms with Gasteiger partial charge in [0.1, 0.15) is 0 Å². The van der Waals surface area contributed by atoms with Gasteiger partial charge in [0.05, 0.1) is 0 Å². The van der Waals surface area contributed by atoms with Crippen molar-refractivity contribution in [1.82, 2.24) is 14.5 Å². The van der Waals surface area contributed by atoms with Crippen molar-refractivity contribution in [2.45, 2.75) is 26.8 Å². The average molecular weight is 266 g/mol. The number of amides is 1. The van der Waals surface area contributed by atoms with E-state index in [1.807, 2.05) is 0 Å². The number of rotatable bonds is 6. The SMILES string of the molecule is CC(C)Cn1ccnc(NCCC(=O)N(C)C)c1=O. The van der Waals surface area contributed by atoms with Crippen LogP contribution in [-0.2, 0) is 11.3 Å². The molecule has 0 saturated carbocycles. The lowest BCUT2D eigenvalue weighted by Gasteiger charge is -2.12. The molecule has 1 aromatic rings. The first-order valence-electron chi connectivity index (χ1n) is 6.41. The lowest BCUT2D eigenvalue weighted by Crippen LogP contribution is -2.28. The lowest BCUT2D eigenvalue weighted by molar-refractivity contribution is -0.128. The molecule has 1 amide bonds. The maximum atomic E-state index is 12.1. The molecule has 1 N–H and O–H groups in total. The van der Waals surface area contributed by atoms with Crippen LogP contribution in [0.2, 0.25) is 0 Å². The van der Waals surface area contributed by atoms with Crippen molar-refractivity contribution in [2.75, 3.05) is 26.0 Å². The van der Waals surface area contributed by atoms with Gasteiger partial charge in [0.25, 0.3) is 5.56 Å². The van der Waals surface area contributed by atoms with Crippen LogP contribution in [0.1, 0.15) is 20.3 Å². The Bertz CT molecular complexity index is 480. The standard InChI is InChI=1S/C13H22N4O2/c1-10(2)9-17-8-7-15-12(13(17)19)14-6-5-11(18)16(3)4/h7-8,10H,5-6,9H2,1-4H3,(H,14,15). The van der Waals surface area contributed by atoms with Gasteiger partial charge >= 0.3 is 0 Å². The Morgan fingerprint density at radius 3 is 2.74 bits per heavy atom. The van der Waals surface area contributed by atoms with Gasteiger partial charge < -0.3 is 14.8 Å². The van der Waals surface area contributed by atoms with Crippen molar-refractivity contribution in [3.05, 3.63) is 22.7 Å². The molecule has 0 atom stereocenters. The number of nitrogens with one attached hydrogen (secondary N) is 1. The van der Waals surface area contributed by atoms with Gasteiger partial charge in [0.15, 0.2) is 5.82 Å². The first kappa shape index (κ1) is 15.2. The first-order valence-corrected chi connectivity index (χ1v) is 6.41. The fraction of sp³-hybridized carbons (Fsp3) is 0.615. The monoisotopic (exact) mass is 266 g/mol. The molecule has 19 heavy (non-hydrogen) atoms. The van der Waals surface area contributed by atoms with Crippen LogP contribution in [0, 0.1) is 5.92 Å². The highest BCUT2D eigenvalue weighted by atomic mass is 16.2. The van der Waals surface area contributed by atoms with E-state index in [-0.39, 0.29) is 11.5 Å². The third-order valence-electron chi connectivity index (χ3n) is 2.61. The van der Waals surface area contributed by atoms with Crippen LogP contribution in [0.15, 0.2) is 17.2 Å². The zero-order valence-electron chi connectivity index (χ0n) is 12.0. The molecule has 0 spiro atoms. The molecule has 0 saturated heterocycles. The maximum absolute atomic E-state index is 12.1. The Hall–Kier alpha value is -1.85. The van der Waals surface area contributed by atoms with E-state index < -0.39 is 0 Å². The summed E-state index contributed by atoms with van der Waals surface area (Å²) in [5, 5.41) is 2.92. The second kappa shape index (κ2) is 6.92. The predicted molar refractivity (Wildman–Crippen MR) is 75.1 cm³/mol. The number of anilines is 1. The van der Waals surface area contributed by atoms with E-state index in [9.17, 15) is 9.59 Å². The molecule has 0 bridgehead atoms. The van der Waals surface area contributed by atoms with Crippen molar-refractivity contribution in [3.63, 3.8) is 0 Å². The van der Waals surface area contributed by atoms with Crippen LogP contribution in [0.4, 0.5) is 5.82 Å². The summed E-state index contributed by atoms with van der Waals surface area (Å²) in [7, 11) is 3.41. The first-order chi connectivity index (χ1) is 8.91. The Morgan fingerprint density at radius 2 is 2.16 bits per heavy atom. The summed E-state index contributed by atoms with van der Waals surface area (Å²) in [6, 6.07) is 0. The Balaban J connectivity index is 2.64. The summed E-state index contributed by atoms with van der Waals surface area (Å²) in [5.41, 5.74) is -0.145. The number of nitrogens with zero attached hydrogens (tertiary/aromatic N) is 3. The smallest absolute Gasteiger partial charge is 0.293 e. The molecule has 0 aliphatic rings. The molecule has 106 valence electrons. The molecule has 0 aliphatic heterocycles. The predicted octanol–water partition coefficient (Wildman–Crippen LogP) is 0.789. The molecule has 0 fully saturated rings. The second-order valence-corrected chi connectivity index (χ2v) is 5.09. The van der Waals surface area contributed by atoms with Gasteiger partial charge in [0.2, 0.25) is 5.91 Å². The zero-order valence-corrected chi connectivity index (χ0v) is 12.0. The van der Waals surface area contributed by atoms with Crippen molar-refractivity contribution in [1.29, 1.82) is 0 Å². The van der Waals surface area contributed by atoms with E-state index in [2.05, 4.69) is 24.1 Å². The van der Waals surface area contributed by atoms with Crippen LogP contribution in [0.5, 0.6) is 0 Å². The van der Waals surface area contributed by atoms with Gasteiger partial charge in [0, 0.05) is 46.0 Å². The normalized spacial score (nSPS) is 10.6. The summed E-state index contributed by atoms with van der Waals surface area (Å²) >= 11 is 0. The third kappa shape index (κ3) is 4.73. The summed E-state index contributed by atoms with van der Waals surface area (Å²) in [4.78, 5) is 29.0. The van der Waals surface area contributed by atoms with Gasteiger partial charge in [-0.2, -0.15) is 0 Å². The van der Waals surface area contributed by atoms with Gasteiger partial charge in [-0.05, 0) is 5.92 Å². The van der Waals surface area contributed by atoms with E-state index in [1.165, 1.54) is 4.90 Å². The molecule has 6 nitrogen and oxygen atoms in total. The van der Waals surface area contributed by atoms with E-state index >= 15 is 0 Å². The lowest BCUT2D eigenvalue weighted by atomic mass is 10.2. The van der Waals surface area contributed by atoms with E-state index in [0.717, 1.165) is 0 Å². The highest BCUT2D eigenvalue weighted by Gasteiger charge is 2.07. The molecule has 0 unspecified atom stereocenters. The molecular weight excluding hydrogens is 244 g/mol. The molecule has 1 heterocycles. The van der Waals surface area contributed by atoms with E-state index in [0.29, 0.717) is 31.2 Å². The Labute approximate surface area is 113 Å². The molecule has 6 heteroatoms. The summed E-state index contributed by atoms with van der Waals surface area (Å²) < 4.78 is 1.63. The maximum Gasteiger partial charge on any atom is 0.293 e. The third-order valence-corrected chi connectivity index (χ3v) is 2.61. The fourth-order valence-corrected chi connectivity index (χ4v) is 1.62. The average Bonchev–Trinajstić information content (AvgIpc) is 2.32. The number of aromatic nitrogens is 2. The minimum atomic E-state index is -0.145. The van der Waals surface area contributed by atoms with Crippen LogP contribution < -0.4 is 10.9 Å². The highest BCUT2D eigenvalue weighted by Crippen LogP contribution is 1.99. The zero-order chi connectivity index (χ0) is 14.4. The highest BCUT2D eigenvalue weighted by molar-refractivity contribution is 5.76. The van der Waals surface area contributed by atoms with E-state index in [4.69, 9.17) is 0 Å². The fourth-order valence-electron chi connectivity index (χ4n) is 1.62. The van der Waals surface area contributed by atoms with E-state index in [1.54, 1.807) is 31.1 Å². The van der Waals surface area contributed by atoms with Crippen LogP contribution >= 0.6 is 0 Å². The number of carbonyl (C=O) groups is 1. The topological polar surface area (TPSA) is 67.2 Å². The van der Waals surface area contributed by atoms with Crippen LogP contribution in [0.3, 0.4) is 0 Å². The number of hydrogen-bond donors (Lipinski definition) is 1. The number of carbonyl (C=O) groups excluding carboxylic acids is 1. The minimum Gasteiger partial charge on any atom is -0.365 e. The minimum absolute atomic E-state index is 0.0194. The Morgan fingerprint density at radius 1 is 1.47 bits per heavy atom. The summed E-state index contributed by atoms with van der Waals surface area (Å²) in [5.74, 6) is 0.712. The quantitative estimate of drug-likeness (QED) is 0.826. The van der Waals surface area contributed by atoms with Gasteiger partial charge in [-0.25, -0.2) is 4.98 Å². The van der Waals surface area contributed by atoms with Gasteiger partial charge in [-0.1, -0.05) is 13.8 Å². The van der Waals surface area contributed by atoms with Crippen molar-refractivity contribution in [3.8, 4) is 0 Å². The summed E-state index contributed by atoms with van der Waals surface area (Å²) in [6.45, 7) is 5.17. The largest absolute Gasteiger partial charge is 0.365 e. The molecule has 0 radical (unpaired) electrons.